The number of nitrogens with one attached hydrogen (secondary N) is 1. The minimum Gasteiger partial charge on any atom is -0.386 e. The Morgan fingerprint density at radius 2 is 1.83 bits per heavy atom. The number of aryl methyl sites for hydroxylation is 1. The zero-order chi connectivity index (χ0) is 20.9. The molecule has 152 valence electrons. The largest absolute Gasteiger partial charge is 0.386 e. The molecule has 1 heterocycles. The number of benzene rings is 3. The van der Waals surface area contributed by atoms with E-state index in [-0.39, 0.29) is 12.5 Å². The van der Waals surface area contributed by atoms with Crippen LogP contribution >= 0.6 is 11.8 Å². The molecule has 6 heteroatoms. The first-order valence-corrected chi connectivity index (χ1v) is 11.0. The van der Waals surface area contributed by atoms with E-state index in [9.17, 15) is 4.79 Å². The lowest BCUT2D eigenvalue weighted by Crippen LogP contribution is -2.16. The molecule has 0 aliphatic rings. The van der Waals surface area contributed by atoms with Gasteiger partial charge in [0.25, 0.3) is 5.91 Å². The quantitative estimate of drug-likeness (QED) is 0.244. The Kier molecular flexibility index (Phi) is 6.05. The van der Waals surface area contributed by atoms with Gasteiger partial charge in [-0.2, -0.15) is 0 Å². The molecule has 0 aliphatic heterocycles. The van der Waals surface area contributed by atoms with Gasteiger partial charge in [-0.3, -0.25) is 4.79 Å². The highest BCUT2D eigenvalue weighted by Crippen LogP contribution is 2.30. The topological polar surface area (TPSA) is 55.6 Å². The maximum atomic E-state index is 12.3. The van der Waals surface area contributed by atoms with Crippen LogP contribution in [0.5, 0.6) is 0 Å². The van der Waals surface area contributed by atoms with Crippen LogP contribution in [0.15, 0.2) is 76.8 Å². The van der Waals surface area contributed by atoms with Crippen molar-refractivity contribution >= 4 is 51.4 Å². The molecule has 4 rings (SSSR count). The van der Waals surface area contributed by atoms with E-state index >= 15 is 0 Å². The van der Waals surface area contributed by atoms with E-state index in [1.54, 1.807) is 18.0 Å². The van der Waals surface area contributed by atoms with Crippen LogP contribution in [0.1, 0.15) is 12.5 Å². The third kappa shape index (κ3) is 4.19. The molecule has 1 amide bonds. The number of aromatic nitrogens is 1. The number of thioether (sulfide) groups is 1. The van der Waals surface area contributed by atoms with Crippen molar-refractivity contribution in [3.05, 3.63) is 72.3 Å². The van der Waals surface area contributed by atoms with Gasteiger partial charge in [0.1, 0.15) is 0 Å². The zero-order valence-electron chi connectivity index (χ0n) is 17.0. The van der Waals surface area contributed by atoms with Crippen molar-refractivity contribution in [1.82, 2.24) is 4.57 Å². The first-order valence-electron chi connectivity index (χ1n) is 9.80. The average Bonchev–Trinajstić information content (AvgIpc) is 3.10. The van der Waals surface area contributed by atoms with E-state index in [1.807, 2.05) is 60.9 Å². The lowest BCUT2D eigenvalue weighted by Gasteiger charge is -2.06. The van der Waals surface area contributed by atoms with Crippen molar-refractivity contribution in [2.24, 2.45) is 5.16 Å². The first-order chi connectivity index (χ1) is 14.7. The Bertz CT molecular complexity index is 1210. The molecular formula is C24H23N3O2S. The molecule has 3 aromatic carbocycles. The summed E-state index contributed by atoms with van der Waals surface area (Å²) in [5, 5.41) is 9.08. The van der Waals surface area contributed by atoms with Gasteiger partial charge in [-0.1, -0.05) is 35.5 Å². The number of anilines is 1. The first kappa shape index (κ1) is 20.0. The second kappa shape index (κ2) is 9.05. The van der Waals surface area contributed by atoms with Gasteiger partial charge in [0.05, 0.1) is 6.21 Å². The fourth-order valence-electron chi connectivity index (χ4n) is 3.55. The molecule has 1 aromatic heterocycles. The van der Waals surface area contributed by atoms with Gasteiger partial charge in [0.15, 0.2) is 6.61 Å². The van der Waals surface area contributed by atoms with E-state index in [1.165, 1.54) is 15.8 Å². The molecule has 0 aliphatic carbocycles. The van der Waals surface area contributed by atoms with Crippen LogP contribution in [-0.2, 0) is 16.2 Å². The van der Waals surface area contributed by atoms with Gasteiger partial charge >= 0.3 is 0 Å². The number of para-hydroxylation sites is 1. The fraction of sp³-hybridized carbons (Fsp3) is 0.167. The lowest BCUT2D eigenvalue weighted by molar-refractivity contribution is -0.120. The minimum atomic E-state index is -0.247. The second-order valence-corrected chi connectivity index (χ2v) is 7.70. The Labute approximate surface area is 179 Å². The molecule has 0 spiro atoms. The summed E-state index contributed by atoms with van der Waals surface area (Å²) in [5.74, 6) is -0.247. The van der Waals surface area contributed by atoms with Crippen molar-refractivity contribution < 1.29 is 9.63 Å². The number of rotatable bonds is 7. The molecular weight excluding hydrogens is 394 g/mol. The highest BCUT2D eigenvalue weighted by Gasteiger charge is 2.11. The van der Waals surface area contributed by atoms with Crippen LogP contribution in [0.4, 0.5) is 5.69 Å². The number of amides is 1. The minimum absolute atomic E-state index is 0.145. The number of hydrogen-bond donors (Lipinski definition) is 1. The highest BCUT2D eigenvalue weighted by molar-refractivity contribution is 7.98. The summed E-state index contributed by atoms with van der Waals surface area (Å²) in [6.45, 7) is 2.88. The summed E-state index contributed by atoms with van der Waals surface area (Å²) < 4.78 is 2.28. The van der Waals surface area contributed by atoms with Crippen LogP contribution in [0.25, 0.3) is 21.8 Å². The molecule has 0 bridgehead atoms. The van der Waals surface area contributed by atoms with Crippen LogP contribution in [0.2, 0.25) is 0 Å². The Hall–Kier alpha value is -3.25. The molecule has 5 nitrogen and oxygen atoms in total. The van der Waals surface area contributed by atoms with Crippen LogP contribution in [0, 0.1) is 0 Å². The van der Waals surface area contributed by atoms with Crippen molar-refractivity contribution in [2.45, 2.75) is 18.4 Å². The van der Waals surface area contributed by atoms with Crippen LogP contribution in [-0.4, -0.2) is 29.6 Å². The number of carbonyl (C=O) groups excluding carboxylic acids is 1. The van der Waals surface area contributed by atoms with E-state index in [0.717, 1.165) is 28.7 Å². The molecule has 30 heavy (non-hydrogen) atoms. The predicted molar refractivity (Wildman–Crippen MR) is 126 cm³/mol. The normalized spacial score (nSPS) is 11.4. The van der Waals surface area contributed by atoms with E-state index < -0.39 is 0 Å². The van der Waals surface area contributed by atoms with Crippen molar-refractivity contribution in [3.63, 3.8) is 0 Å². The number of fused-ring (bicyclic) bond motifs is 3. The Morgan fingerprint density at radius 1 is 1.07 bits per heavy atom. The molecule has 0 saturated heterocycles. The molecule has 1 N–H and O–H groups in total. The van der Waals surface area contributed by atoms with Gasteiger partial charge in [0, 0.05) is 38.9 Å². The molecule has 0 radical (unpaired) electrons. The van der Waals surface area contributed by atoms with E-state index in [2.05, 4.69) is 34.1 Å². The second-order valence-electron chi connectivity index (χ2n) is 6.82. The summed E-state index contributed by atoms with van der Waals surface area (Å²) in [6.07, 6.45) is 3.63. The monoisotopic (exact) mass is 417 g/mol. The van der Waals surface area contributed by atoms with E-state index in [0.29, 0.717) is 0 Å². The SMILES string of the molecule is CCn1c2ccccc2c2cc(NC(=O)CO/N=C\c3ccc(SC)cc3)ccc21. The van der Waals surface area contributed by atoms with Gasteiger partial charge in [0.2, 0.25) is 0 Å². The fourth-order valence-corrected chi connectivity index (χ4v) is 3.96. The van der Waals surface area contributed by atoms with Crippen molar-refractivity contribution in [3.8, 4) is 0 Å². The third-order valence-corrected chi connectivity index (χ3v) is 5.70. The Morgan fingerprint density at radius 3 is 2.60 bits per heavy atom. The van der Waals surface area contributed by atoms with Crippen molar-refractivity contribution in [1.29, 1.82) is 0 Å². The molecule has 0 atom stereocenters. The van der Waals surface area contributed by atoms with Gasteiger partial charge < -0.3 is 14.7 Å². The predicted octanol–water partition coefficient (Wildman–Crippen LogP) is 5.53. The maximum Gasteiger partial charge on any atom is 0.265 e. The lowest BCUT2D eigenvalue weighted by atomic mass is 10.1. The van der Waals surface area contributed by atoms with Gasteiger partial charge in [-0.25, -0.2) is 0 Å². The van der Waals surface area contributed by atoms with E-state index in [4.69, 9.17) is 4.84 Å². The standard InChI is InChI=1S/C24H23N3O2S/c1-3-27-22-7-5-4-6-20(22)21-14-18(10-13-23(21)27)26-24(28)16-29-25-15-17-8-11-19(30-2)12-9-17/h4-15H,3,16H2,1-2H3,(H,26,28)/b25-15-. The molecule has 0 saturated carbocycles. The smallest absolute Gasteiger partial charge is 0.265 e. The van der Waals surface area contributed by atoms with Crippen LogP contribution < -0.4 is 5.32 Å². The van der Waals surface area contributed by atoms with Crippen molar-refractivity contribution in [2.75, 3.05) is 18.2 Å². The number of oxime groups is 1. The third-order valence-electron chi connectivity index (χ3n) is 4.96. The molecule has 4 aromatic rings. The number of hydrogen-bond acceptors (Lipinski definition) is 4. The summed E-state index contributed by atoms with van der Waals surface area (Å²) in [5.41, 5.74) is 4.02. The summed E-state index contributed by atoms with van der Waals surface area (Å²) in [6, 6.07) is 22.2. The summed E-state index contributed by atoms with van der Waals surface area (Å²) in [4.78, 5) is 18.6. The highest BCUT2D eigenvalue weighted by atomic mass is 32.2. The van der Waals surface area contributed by atoms with Gasteiger partial charge in [-0.05, 0) is 55.1 Å². The van der Waals surface area contributed by atoms with Gasteiger partial charge in [-0.15, -0.1) is 11.8 Å². The Balaban J connectivity index is 1.41. The average molecular weight is 418 g/mol. The maximum absolute atomic E-state index is 12.3. The summed E-state index contributed by atoms with van der Waals surface area (Å²) in [7, 11) is 0. The molecule has 0 fully saturated rings. The number of carbonyl (C=O) groups is 1. The molecule has 0 unspecified atom stereocenters. The summed E-state index contributed by atoms with van der Waals surface area (Å²) >= 11 is 1.68. The number of nitrogens with zero attached hydrogens (tertiary/aromatic N) is 2. The van der Waals surface area contributed by atoms with Crippen LogP contribution in [0.3, 0.4) is 0 Å². The zero-order valence-corrected chi connectivity index (χ0v) is 17.8.